The first-order chi connectivity index (χ1) is 7.29. The summed E-state index contributed by atoms with van der Waals surface area (Å²) in [6, 6.07) is 1.21. The zero-order chi connectivity index (χ0) is 10.7. The maximum absolute atomic E-state index is 5.55. The third-order valence-corrected chi connectivity index (χ3v) is 3.69. The van der Waals surface area contributed by atoms with Gasteiger partial charge in [0.2, 0.25) is 0 Å². The van der Waals surface area contributed by atoms with Crippen LogP contribution in [0.2, 0.25) is 0 Å². The van der Waals surface area contributed by atoms with E-state index in [1.165, 1.54) is 19.3 Å². The molecule has 0 aromatic carbocycles. The highest BCUT2D eigenvalue weighted by Crippen LogP contribution is 2.24. The number of hydrogen-bond donors (Lipinski definition) is 1. The van der Waals surface area contributed by atoms with Crippen LogP contribution >= 0.6 is 0 Å². The van der Waals surface area contributed by atoms with E-state index < -0.39 is 0 Å². The molecule has 0 aromatic rings. The number of hydrogen-bond acceptors (Lipinski definition) is 3. The molecule has 1 aliphatic heterocycles. The first-order valence-electron chi connectivity index (χ1n) is 6.20. The molecule has 2 fully saturated rings. The van der Waals surface area contributed by atoms with Crippen LogP contribution < -0.4 is 5.32 Å². The average molecular weight is 213 g/mol. The van der Waals surface area contributed by atoms with Crippen molar-refractivity contribution in [2.45, 2.75) is 63.3 Å². The highest BCUT2D eigenvalue weighted by molar-refractivity contribution is 4.88. The number of ether oxygens (including phenoxy) is 2. The molecule has 4 atom stereocenters. The first-order valence-corrected chi connectivity index (χ1v) is 6.20. The van der Waals surface area contributed by atoms with Gasteiger partial charge < -0.3 is 14.8 Å². The molecule has 1 saturated heterocycles. The van der Waals surface area contributed by atoms with Gasteiger partial charge in [-0.25, -0.2) is 0 Å². The van der Waals surface area contributed by atoms with E-state index in [1.807, 2.05) is 7.11 Å². The Bertz CT molecular complexity index is 198. The predicted molar refractivity (Wildman–Crippen MR) is 60.0 cm³/mol. The van der Waals surface area contributed by atoms with Crippen LogP contribution in [0.1, 0.15) is 39.0 Å². The van der Waals surface area contributed by atoms with Crippen molar-refractivity contribution >= 4 is 0 Å². The molecule has 1 aliphatic carbocycles. The van der Waals surface area contributed by atoms with Gasteiger partial charge in [0.15, 0.2) is 0 Å². The molecule has 1 heterocycles. The Morgan fingerprint density at radius 1 is 1.27 bits per heavy atom. The van der Waals surface area contributed by atoms with Crippen LogP contribution in [-0.4, -0.2) is 38.0 Å². The van der Waals surface area contributed by atoms with Crippen LogP contribution in [0.4, 0.5) is 0 Å². The van der Waals surface area contributed by atoms with Crippen LogP contribution in [0.15, 0.2) is 0 Å². The normalized spacial score (nSPS) is 42.0. The van der Waals surface area contributed by atoms with E-state index in [1.54, 1.807) is 0 Å². The van der Waals surface area contributed by atoms with Crippen molar-refractivity contribution in [3.63, 3.8) is 0 Å². The fourth-order valence-electron chi connectivity index (χ4n) is 2.85. The van der Waals surface area contributed by atoms with Gasteiger partial charge in [0, 0.05) is 25.8 Å². The number of methoxy groups -OCH3 is 1. The molecule has 0 spiro atoms. The fraction of sp³-hybridized carbons (Fsp3) is 1.00. The number of rotatable bonds is 3. The lowest BCUT2D eigenvalue weighted by Crippen LogP contribution is -2.46. The standard InChI is InChI=1S/C12H23NO2/c1-9-8-10(6-7-15-9)13-11-4-3-5-12(11)14-2/h9-13H,3-8H2,1-2H3. The molecule has 2 rings (SSSR count). The Balaban J connectivity index is 1.80. The van der Waals surface area contributed by atoms with E-state index in [4.69, 9.17) is 9.47 Å². The van der Waals surface area contributed by atoms with Crippen LogP contribution in [0.5, 0.6) is 0 Å². The Hall–Kier alpha value is -0.120. The lowest BCUT2D eigenvalue weighted by atomic mass is 10.0. The van der Waals surface area contributed by atoms with Crippen LogP contribution in [0.3, 0.4) is 0 Å². The van der Waals surface area contributed by atoms with Crippen LogP contribution in [0.25, 0.3) is 0 Å². The quantitative estimate of drug-likeness (QED) is 0.774. The maximum atomic E-state index is 5.55. The zero-order valence-electron chi connectivity index (χ0n) is 9.87. The molecule has 15 heavy (non-hydrogen) atoms. The zero-order valence-corrected chi connectivity index (χ0v) is 9.87. The molecule has 0 amide bonds. The third kappa shape index (κ3) is 2.92. The van der Waals surface area contributed by atoms with Gasteiger partial charge in [0.1, 0.15) is 0 Å². The topological polar surface area (TPSA) is 30.5 Å². The summed E-state index contributed by atoms with van der Waals surface area (Å²) in [5.74, 6) is 0. The lowest BCUT2D eigenvalue weighted by molar-refractivity contribution is 0.00489. The Morgan fingerprint density at radius 3 is 2.87 bits per heavy atom. The molecule has 1 N–H and O–H groups in total. The second-order valence-corrected chi connectivity index (χ2v) is 4.88. The molecule has 2 aliphatic rings. The molecular formula is C12H23NO2. The molecule has 3 heteroatoms. The molecule has 0 aromatic heterocycles. The van der Waals surface area contributed by atoms with Crippen molar-refractivity contribution in [2.24, 2.45) is 0 Å². The van der Waals surface area contributed by atoms with Crippen molar-refractivity contribution in [3.8, 4) is 0 Å². The Labute approximate surface area is 92.5 Å². The highest BCUT2D eigenvalue weighted by atomic mass is 16.5. The predicted octanol–water partition coefficient (Wildman–Crippen LogP) is 1.71. The SMILES string of the molecule is COC1CCCC1NC1CCOC(C)C1. The molecule has 0 radical (unpaired) electrons. The van der Waals surface area contributed by atoms with E-state index in [2.05, 4.69) is 12.2 Å². The molecule has 0 bridgehead atoms. The number of nitrogens with one attached hydrogen (secondary N) is 1. The minimum absolute atomic E-state index is 0.415. The van der Waals surface area contributed by atoms with Gasteiger partial charge in [0.25, 0.3) is 0 Å². The minimum Gasteiger partial charge on any atom is -0.380 e. The summed E-state index contributed by atoms with van der Waals surface area (Å²) < 4.78 is 11.1. The summed E-state index contributed by atoms with van der Waals surface area (Å²) in [7, 11) is 1.83. The largest absolute Gasteiger partial charge is 0.380 e. The molecule has 4 unspecified atom stereocenters. The van der Waals surface area contributed by atoms with Crippen LogP contribution in [-0.2, 0) is 9.47 Å². The summed E-state index contributed by atoms with van der Waals surface area (Å²) in [5.41, 5.74) is 0. The van der Waals surface area contributed by atoms with E-state index >= 15 is 0 Å². The Morgan fingerprint density at radius 2 is 2.13 bits per heavy atom. The fourth-order valence-corrected chi connectivity index (χ4v) is 2.85. The first kappa shape index (κ1) is 11.4. The monoisotopic (exact) mass is 213 g/mol. The van der Waals surface area contributed by atoms with E-state index in [0.717, 1.165) is 19.4 Å². The molecule has 1 saturated carbocycles. The van der Waals surface area contributed by atoms with Gasteiger partial charge >= 0.3 is 0 Å². The smallest absolute Gasteiger partial charge is 0.0724 e. The van der Waals surface area contributed by atoms with E-state index in [0.29, 0.717) is 24.3 Å². The van der Waals surface area contributed by atoms with Crippen molar-refractivity contribution in [1.82, 2.24) is 5.32 Å². The average Bonchev–Trinajstić information content (AvgIpc) is 2.65. The lowest BCUT2D eigenvalue weighted by Gasteiger charge is -2.32. The summed E-state index contributed by atoms with van der Waals surface area (Å²) in [5, 5.41) is 3.74. The van der Waals surface area contributed by atoms with Gasteiger partial charge in [-0.2, -0.15) is 0 Å². The van der Waals surface area contributed by atoms with Gasteiger partial charge in [-0.05, 0) is 39.0 Å². The van der Waals surface area contributed by atoms with Crippen LogP contribution in [0, 0.1) is 0 Å². The van der Waals surface area contributed by atoms with Crippen molar-refractivity contribution in [3.05, 3.63) is 0 Å². The van der Waals surface area contributed by atoms with Crippen molar-refractivity contribution in [1.29, 1.82) is 0 Å². The maximum Gasteiger partial charge on any atom is 0.0724 e. The summed E-state index contributed by atoms with van der Waals surface area (Å²) in [6.07, 6.45) is 6.93. The Kier molecular flexibility index (Phi) is 4.00. The second-order valence-electron chi connectivity index (χ2n) is 4.88. The second kappa shape index (κ2) is 5.28. The summed E-state index contributed by atoms with van der Waals surface area (Å²) >= 11 is 0. The molecule has 3 nitrogen and oxygen atoms in total. The molecule has 88 valence electrons. The summed E-state index contributed by atoms with van der Waals surface area (Å²) in [6.45, 7) is 3.07. The third-order valence-electron chi connectivity index (χ3n) is 3.69. The van der Waals surface area contributed by atoms with E-state index in [9.17, 15) is 0 Å². The van der Waals surface area contributed by atoms with Gasteiger partial charge in [-0.3, -0.25) is 0 Å². The van der Waals surface area contributed by atoms with Crippen molar-refractivity contribution in [2.75, 3.05) is 13.7 Å². The van der Waals surface area contributed by atoms with Crippen molar-refractivity contribution < 1.29 is 9.47 Å². The van der Waals surface area contributed by atoms with Gasteiger partial charge in [0.05, 0.1) is 12.2 Å². The van der Waals surface area contributed by atoms with Gasteiger partial charge in [-0.15, -0.1) is 0 Å². The highest BCUT2D eigenvalue weighted by Gasteiger charge is 2.30. The van der Waals surface area contributed by atoms with E-state index in [-0.39, 0.29) is 0 Å². The molecular weight excluding hydrogens is 190 g/mol. The minimum atomic E-state index is 0.415. The summed E-state index contributed by atoms with van der Waals surface area (Å²) in [4.78, 5) is 0. The van der Waals surface area contributed by atoms with Gasteiger partial charge in [-0.1, -0.05) is 0 Å².